The van der Waals surface area contributed by atoms with Crippen LogP contribution < -0.4 is 0 Å². The first kappa shape index (κ1) is 11.9. The van der Waals surface area contributed by atoms with Crippen LogP contribution in [0.2, 0.25) is 0 Å². The molecule has 78 valence electrons. The second-order valence-electron chi connectivity index (χ2n) is 2.85. The summed E-state index contributed by atoms with van der Waals surface area (Å²) in [6, 6.07) is 3.80. The molecule has 1 unspecified atom stereocenters. The predicted octanol–water partition coefficient (Wildman–Crippen LogP) is 4.77. The first-order valence-electron chi connectivity index (χ1n) is 3.83. The van der Waals surface area contributed by atoms with Crippen molar-refractivity contribution in [2.45, 2.75) is 18.5 Å². The second-order valence-corrected chi connectivity index (χ2v) is 4.36. The number of halogens is 5. The minimum Gasteiger partial charge on any atom is -0.166 e. The van der Waals surface area contributed by atoms with E-state index in [1.165, 1.54) is 12.1 Å². The third-order valence-electron chi connectivity index (χ3n) is 1.76. The van der Waals surface area contributed by atoms with Gasteiger partial charge in [0.25, 0.3) is 0 Å². The highest BCUT2D eigenvalue weighted by Gasteiger charge is 2.32. The molecule has 0 amide bonds. The summed E-state index contributed by atoms with van der Waals surface area (Å²) in [5, 5.41) is -0.298. The topological polar surface area (TPSA) is 0 Å². The summed E-state index contributed by atoms with van der Waals surface area (Å²) in [6.07, 6.45) is -4.33. The maximum Gasteiger partial charge on any atom is 0.417 e. The molecule has 0 radical (unpaired) electrons. The van der Waals surface area contributed by atoms with Crippen LogP contribution in [0.25, 0.3) is 0 Å². The Kier molecular flexibility index (Phi) is 3.48. The van der Waals surface area contributed by atoms with Crippen molar-refractivity contribution in [2.75, 3.05) is 0 Å². The largest absolute Gasteiger partial charge is 0.417 e. The first-order valence-corrected chi connectivity index (χ1v) is 5.06. The van der Waals surface area contributed by atoms with Crippen molar-refractivity contribution >= 4 is 27.5 Å². The Morgan fingerprint density at radius 3 is 2.29 bits per heavy atom. The van der Waals surface area contributed by atoms with E-state index in [2.05, 4.69) is 15.9 Å². The van der Waals surface area contributed by atoms with Crippen molar-refractivity contribution in [3.8, 4) is 0 Å². The normalized spacial score (nSPS) is 14.1. The number of alkyl halides is 4. The molecule has 1 aromatic carbocycles. The van der Waals surface area contributed by atoms with E-state index in [-0.39, 0.29) is 9.85 Å². The van der Waals surface area contributed by atoms with Gasteiger partial charge in [-0.2, -0.15) is 13.2 Å². The lowest BCUT2D eigenvalue weighted by atomic mass is 10.1. The van der Waals surface area contributed by atoms with Gasteiger partial charge in [0.15, 0.2) is 0 Å². The van der Waals surface area contributed by atoms with E-state index in [4.69, 9.17) is 11.6 Å². The molecule has 0 aliphatic rings. The van der Waals surface area contributed by atoms with Crippen molar-refractivity contribution < 1.29 is 13.2 Å². The standard InChI is InChI=1S/C9H7BrClF3/c1-5(11)6-2-3-7(8(10)4-6)9(12,13)14/h2-5H,1H3. The van der Waals surface area contributed by atoms with E-state index in [9.17, 15) is 13.2 Å². The maximum atomic E-state index is 12.3. The fraction of sp³-hybridized carbons (Fsp3) is 0.333. The highest BCUT2D eigenvalue weighted by atomic mass is 79.9. The second kappa shape index (κ2) is 4.11. The number of rotatable bonds is 1. The molecular weight excluding hydrogens is 280 g/mol. The summed E-state index contributed by atoms with van der Waals surface area (Å²) >= 11 is 8.61. The Hall–Kier alpha value is -0.220. The Morgan fingerprint density at radius 2 is 1.93 bits per heavy atom. The molecule has 5 heteroatoms. The van der Waals surface area contributed by atoms with Gasteiger partial charge in [0.2, 0.25) is 0 Å². The van der Waals surface area contributed by atoms with E-state index >= 15 is 0 Å². The molecule has 0 saturated carbocycles. The van der Waals surface area contributed by atoms with Crippen molar-refractivity contribution in [1.82, 2.24) is 0 Å². The van der Waals surface area contributed by atoms with Gasteiger partial charge in [-0.1, -0.05) is 22.0 Å². The fourth-order valence-electron chi connectivity index (χ4n) is 1.01. The van der Waals surface area contributed by atoms with Gasteiger partial charge in [-0.25, -0.2) is 0 Å². The Balaban J connectivity index is 3.15. The summed E-state index contributed by atoms with van der Waals surface area (Å²) < 4.78 is 37.0. The van der Waals surface area contributed by atoms with Crippen LogP contribution >= 0.6 is 27.5 Å². The first-order chi connectivity index (χ1) is 6.32. The van der Waals surface area contributed by atoms with Gasteiger partial charge in [0, 0.05) is 4.47 Å². The molecule has 0 N–H and O–H groups in total. The molecule has 1 atom stereocenters. The maximum absolute atomic E-state index is 12.3. The highest BCUT2D eigenvalue weighted by molar-refractivity contribution is 9.10. The predicted molar refractivity (Wildman–Crippen MR) is 53.4 cm³/mol. The average Bonchev–Trinajstić information content (AvgIpc) is 2.01. The van der Waals surface area contributed by atoms with Crippen LogP contribution in [0.5, 0.6) is 0 Å². The number of benzene rings is 1. The van der Waals surface area contributed by atoms with E-state index in [1.54, 1.807) is 6.92 Å². The van der Waals surface area contributed by atoms with Crippen LogP contribution in [0.4, 0.5) is 13.2 Å². The highest BCUT2D eigenvalue weighted by Crippen LogP contribution is 2.36. The van der Waals surface area contributed by atoms with Crippen LogP contribution in [0.3, 0.4) is 0 Å². The van der Waals surface area contributed by atoms with Gasteiger partial charge >= 0.3 is 6.18 Å². The van der Waals surface area contributed by atoms with Crippen LogP contribution in [-0.2, 0) is 6.18 Å². The average molecular weight is 288 g/mol. The van der Waals surface area contributed by atoms with E-state index in [0.29, 0.717) is 5.56 Å². The molecule has 0 aliphatic heterocycles. The SMILES string of the molecule is CC(Cl)c1ccc(C(F)(F)F)c(Br)c1. The zero-order chi connectivity index (χ0) is 10.9. The lowest BCUT2D eigenvalue weighted by Crippen LogP contribution is -2.06. The zero-order valence-corrected chi connectivity index (χ0v) is 9.54. The minimum absolute atomic E-state index is 0.0231. The number of hydrogen-bond acceptors (Lipinski definition) is 0. The van der Waals surface area contributed by atoms with Crippen LogP contribution in [0.15, 0.2) is 22.7 Å². The summed E-state index contributed by atoms with van der Waals surface area (Å²) in [7, 11) is 0. The molecule has 0 nitrogen and oxygen atoms in total. The summed E-state index contributed by atoms with van der Waals surface area (Å²) in [4.78, 5) is 0. The Morgan fingerprint density at radius 1 is 1.36 bits per heavy atom. The lowest BCUT2D eigenvalue weighted by Gasteiger charge is -2.11. The van der Waals surface area contributed by atoms with E-state index < -0.39 is 11.7 Å². The van der Waals surface area contributed by atoms with Crippen LogP contribution in [0, 0.1) is 0 Å². The molecule has 14 heavy (non-hydrogen) atoms. The zero-order valence-electron chi connectivity index (χ0n) is 7.20. The third kappa shape index (κ3) is 2.64. The van der Waals surface area contributed by atoms with Crippen molar-refractivity contribution in [3.63, 3.8) is 0 Å². The van der Waals surface area contributed by atoms with E-state index in [1.807, 2.05) is 0 Å². The van der Waals surface area contributed by atoms with Gasteiger partial charge in [0.05, 0.1) is 10.9 Å². The molecule has 1 aromatic rings. The van der Waals surface area contributed by atoms with Crippen LogP contribution in [0.1, 0.15) is 23.4 Å². The summed E-state index contributed by atoms with van der Waals surface area (Å²) in [5.41, 5.74) is -0.0230. The van der Waals surface area contributed by atoms with Crippen molar-refractivity contribution in [1.29, 1.82) is 0 Å². The number of hydrogen-bond donors (Lipinski definition) is 0. The smallest absolute Gasteiger partial charge is 0.166 e. The molecule has 0 aliphatic carbocycles. The third-order valence-corrected chi connectivity index (χ3v) is 2.67. The molecule has 0 fully saturated rings. The quantitative estimate of drug-likeness (QED) is 0.653. The van der Waals surface area contributed by atoms with Crippen LogP contribution in [-0.4, -0.2) is 0 Å². The van der Waals surface area contributed by atoms with Crippen molar-refractivity contribution in [2.24, 2.45) is 0 Å². The van der Waals surface area contributed by atoms with E-state index in [0.717, 1.165) is 6.07 Å². The summed E-state index contributed by atoms with van der Waals surface area (Å²) in [6.45, 7) is 1.70. The molecule has 0 bridgehead atoms. The fourth-order valence-corrected chi connectivity index (χ4v) is 1.77. The molecule has 0 aromatic heterocycles. The lowest BCUT2D eigenvalue weighted by molar-refractivity contribution is -0.138. The molecule has 0 spiro atoms. The van der Waals surface area contributed by atoms with Gasteiger partial charge in [-0.3, -0.25) is 0 Å². The van der Waals surface area contributed by atoms with Gasteiger partial charge < -0.3 is 0 Å². The Labute approximate surface area is 93.2 Å². The van der Waals surface area contributed by atoms with Gasteiger partial charge in [-0.05, 0) is 24.6 Å². The Bertz CT molecular complexity index is 333. The van der Waals surface area contributed by atoms with Gasteiger partial charge in [0.1, 0.15) is 0 Å². The molecular formula is C9H7BrClF3. The summed E-state index contributed by atoms with van der Waals surface area (Å²) in [5.74, 6) is 0. The van der Waals surface area contributed by atoms with Gasteiger partial charge in [-0.15, -0.1) is 11.6 Å². The molecule has 1 rings (SSSR count). The molecule has 0 heterocycles. The monoisotopic (exact) mass is 286 g/mol. The van der Waals surface area contributed by atoms with Crippen molar-refractivity contribution in [3.05, 3.63) is 33.8 Å². The minimum atomic E-state index is -4.33. The molecule has 0 saturated heterocycles.